The molecule has 0 atom stereocenters. The molecule has 0 saturated carbocycles. The van der Waals surface area contributed by atoms with Crippen LogP contribution in [0, 0.1) is 0 Å². The average Bonchev–Trinajstić information content (AvgIpc) is 2.31. The van der Waals surface area contributed by atoms with Crippen molar-refractivity contribution in [3.63, 3.8) is 0 Å². The molecule has 0 aromatic heterocycles. The summed E-state index contributed by atoms with van der Waals surface area (Å²) in [4.78, 5) is 0. The summed E-state index contributed by atoms with van der Waals surface area (Å²) < 4.78 is 27.2. The van der Waals surface area contributed by atoms with E-state index in [-0.39, 0.29) is 27.4 Å². The third-order valence-corrected chi connectivity index (χ3v) is 9.71. The lowest BCUT2D eigenvalue weighted by Crippen LogP contribution is -2.42. The molecule has 0 aromatic carbocycles. The maximum atomic E-state index is 10.6. The molecule has 0 aliphatic heterocycles. The fourth-order valence-corrected chi connectivity index (χ4v) is 3.03. The van der Waals surface area contributed by atoms with Crippen molar-refractivity contribution in [3.05, 3.63) is 0 Å². The minimum atomic E-state index is -1.63. The lowest BCUT2D eigenvalue weighted by Gasteiger charge is -2.36. The topological polar surface area (TPSA) is 55.4 Å². The van der Waals surface area contributed by atoms with Gasteiger partial charge in [0.05, 0.1) is 0 Å². The maximum absolute atomic E-state index is 10.6. The van der Waals surface area contributed by atoms with Crippen LogP contribution < -0.4 is 5.32 Å². The highest BCUT2D eigenvalue weighted by atomic mass is 31.1. The first-order valence-electron chi connectivity index (χ1n) is 6.74. The SMILES string of the molecule is CC(C)(C)[Si](C)(C)OCCNCCCC(P=O)P=O. The Morgan fingerprint density at radius 3 is 2.21 bits per heavy atom. The van der Waals surface area contributed by atoms with Crippen molar-refractivity contribution in [1.29, 1.82) is 0 Å². The molecule has 112 valence electrons. The van der Waals surface area contributed by atoms with E-state index < -0.39 is 8.32 Å². The number of hydrogen-bond donors (Lipinski definition) is 1. The molecule has 0 saturated heterocycles. The fraction of sp³-hybridized carbons (Fsp3) is 1.00. The molecule has 0 fully saturated rings. The molecule has 0 aromatic rings. The second kappa shape index (κ2) is 9.31. The zero-order valence-corrected chi connectivity index (χ0v) is 15.5. The van der Waals surface area contributed by atoms with Crippen molar-refractivity contribution in [2.24, 2.45) is 0 Å². The first kappa shape index (κ1) is 19.3. The Balaban J connectivity index is 3.61. The van der Waals surface area contributed by atoms with Gasteiger partial charge < -0.3 is 9.74 Å². The van der Waals surface area contributed by atoms with Crippen LogP contribution in [0.25, 0.3) is 0 Å². The van der Waals surface area contributed by atoms with Gasteiger partial charge in [-0.05, 0) is 37.5 Å². The van der Waals surface area contributed by atoms with Crippen molar-refractivity contribution >= 4 is 25.2 Å². The van der Waals surface area contributed by atoms with Crippen LogP contribution in [0.5, 0.6) is 0 Å². The minimum Gasteiger partial charge on any atom is -0.416 e. The zero-order valence-electron chi connectivity index (χ0n) is 12.7. The van der Waals surface area contributed by atoms with Gasteiger partial charge in [0.15, 0.2) is 25.2 Å². The summed E-state index contributed by atoms with van der Waals surface area (Å²) in [5, 5.41) is 3.31. The molecule has 0 unspecified atom stereocenters. The van der Waals surface area contributed by atoms with Crippen LogP contribution in [0.1, 0.15) is 33.6 Å². The quantitative estimate of drug-likeness (QED) is 0.370. The van der Waals surface area contributed by atoms with E-state index in [1.54, 1.807) is 0 Å². The molecule has 0 heterocycles. The van der Waals surface area contributed by atoms with Gasteiger partial charge in [-0.2, -0.15) is 0 Å². The predicted octanol–water partition coefficient (Wildman–Crippen LogP) is 4.29. The molecule has 1 N–H and O–H groups in total. The van der Waals surface area contributed by atoms with Gasteiger partial charge in [-0.3, -0.25) is 9.13 Å². The van der Waals surface area contributed by atoms with Gasteiger partial charge >= 0.3 is 0 Å². The van der Waals surface area contributed by atoms with E-state index in [1.165, 1.54) is 0 Å². The van der Waals surface area contributed by atoms with Gasteiger partial charge in [-0.1, -0.05) is 20.8 Å². The zero-order chi connectivity index (χ0) is 14.9. The summed E-state index contributed by atoms with van der Waals surface area (Å²) in [6, 6.07) is 0. The fourth-order valence-electron chi connectivity index (χ4n) is 1.25. The van der Waals surface area contributed by atoms with Gasteiger partial charge in [0.2, 0.25) is 0 Å². The van der Waals surface area contributed by atoms with E-state index in [0.717, 1.165) is 26.1 Å². The van der Waals surface area contributed by atoms with Crippen LogP contribution in [0.4, 0.5) is 0 Å². The molecule has 0 spiro atoms. The standard InChI is InChI=1S/C12H27NO3P2Si/c1-12(2,3)19(4,5)16-10-9-13-8-6-7-11(17-14)18-15/h11,13H,6-10H2,1-5H3. The van der Waals surface area contributed by atoms with Crippen molar-refractivity contribution in [3.8, 4) is 0 Å². The average molecular weight is 323 g/mol. The summed E-state index contributed by atoms with van der Waals surface area (Å²) in [6.45, 7) is 13.6. The Kier molecular flexibility index (Phi) is 9.47. The van der Waals surface area contributed by atoms with Crippen LogP contribution in [0.15, 0.2) is 0 Å². The molecular formula is C12H27NO3P2Si. The smallest absolute Gasteiger partial charge is 0.192 e. The van der Waals surface area contributed by atoms with Crippen LogP contribution in [0.2, 0.25) is 18.1 Å². The van der Waals surface area contributed by atoms with Crippen LogP contribution in [-0.2, 0) is 13.6 Å². The normalized spacial score (nSPS) is 15.0. The second-order valence-electron chi connectivity index (χ2n) is 6.19. The minimum absolute atomic E-state index is 0.0261. The molecule has 0 bridgehead atoms. The number of hydrogen-bond acceptors (Lipinski definition) is 4. The van der Waals surface area contributed by atoms with E-state index >= 15 is 0 Å². The summed E-state index contributed by atoms with van der Waals surface area (Å²) in [5.41, 5.74) is 0. The van der Waals surface area contributed by atoms with Gasteiger partial charge in [-0.25, -0.2) is 0 Å². The molecule has 0 rings (SSSR count). The monoisotopic (exact) mass is 323 g/mol. The molecule has 0 aliphatic rings. The van der Waals surface area contributed by atoms with Crippen LogP contribution in [0.3, 0.4) is 0 Å². The molecule has 0 aliphatic carbocycles. The van der Waals surface area contributed by atoms with E-state index in [1.807, 2.05) is 0 Å². The highest BCUT2D eigenvalue weighted by molar-refractivity contribution is 7.44. The first-order chi connectivity index (χ1) is 8.74. The molecule has 0 radical (unpaired) electrons. The number of rotatable bonds is 10. The van der Waals surface area contributed by atoms with Crippen molar-refractivity contribution < 1.29 is 13.6 Å². The Labute approximate surface area is 121 Å². The Bertz CT molecular complexity index is 275. The van der Waals surface area contributed by atoms with Gasteiger partial charge in [0, 0.05) is 13.2 Å². The summed E-state index contributed by atoms with van der Waals surface area (Å²) in [6.07, 6.45) is 1.60. The lowest BCUT2D eigenvalue weighted by atomic mass is 10.2. The van der Waals surface area contributed by atoms with E-state index in [2.05, 4.69) is 39.2 Å². The van der Waals surface area contributed by atoms with Gasteiger partial charge in [-0.15, -0.1) is 0 Å². The number of nitrogens with one attached hydrogen (secondary N) is 1. The second-order valence-corrected chi connectivity index (χ2v) is 13.1. The van der Waals surface area contributed by atoms with Crippen molar-refractivity contribution in [2.45, 2.75) is 57.1 Å². The third-order valence-electron chi connectivity index (χ3n) is 3.61. The summed E-state index contributed by atoms with van der Waals surface area (Å²) in [5.74, 6) is 0. The predicted molar refractivity (Wildman–Crippen MR) is 84.3 cm³/mol. The Hall–Kier alpha value is 0.337. The van der Waals surface area contributed by atoms with Crippen molar-refractivity contribution in [2.75, 3.05) is 19.7 Å². The van der Waals surface area contributed by atoms with Gasteiger partial charge in [0.1, 0.15) is 5.40 Å². The lowest BCUT2D eigenvalue weighted by molar-refractivity contribution is 0.286. The third kappa shape index (κ3) is 8.26. The van der Waals surface area contributed by atoms with E-state index in [0.29, 0.717) is 6.42 Å². The van der Waals surface area contributed by atoms with Crippen LogP contribution in [-0.4, -0.2) is 33.4 Å². The summed E-state index contributed by atoms with van der Waals surface area (Å²) in [7, 11) is -1.68. The molecular weight excluding hydrogens is 296 g/mol. The van der Waals surface area contributed by atoms with Crippen molar-refractivity contribution in [1.82, 2.24) is 5.32 Å². The molecule has 4 nitrogen and oxygen atoms in total. The molecule has 19 heavy (non-hydrogen) atoms. The van der Waals surface area contributed by atoms with E-state index in [4.69, 9.17) is 4.43 Å². The molecule has 7 heteroatoms. The van der Waals surface area contributed by atoms with E-state index in [9.17, 15) is 9.13 Å². The van der Waals surface area contributed by atoms with Gasteiger partial charge in [0.25, 0.3) is 0 Å². The highest BCUT2D eigenvalue weighted by Gasteiger charge is 2.36. The Morgan fingerprint density at radius 1 is 1.16 bits per heavy atom. The Morgan fingerprint density at radius 2 is 1.74 bits per heavy atom. The molecule has 0 amide bonds. The largest absolute Gasteiger partial charge is 0.416 e. The summed E-state index contributed by atoms with van der Waals surface area (Å²) >= 11 is 0. The first-order valence-corrected chi connectivity index (χ1v) is 11.4. The maximum Gasteiger partial charge on any atom is 0.192 e. The van der Waals surface area contributed by atoms with Crippen LogP contribution >= 0.6 is 16.9 Å². The highest BCUT2D eigenvalue weighted by Crippen LogP contribution is 2.36.